The Hall–Kier alpha value is -3.67. The first-order chi connectivity index (χ1) is 15.4. The van der Waals surface area contributed by atoms with E-state index in [4.69, 9.17) is 4.74 Å². The van der Waals surface area contributed by atoms with Crippen LogP contribution in [0.1, 0.15) is 40.9 Å². The lowest BCUT2D eigenvalue weighted by molar-refractivity contribution is -0.124. The van der Waals surface area contributed by atoms with Gasteiger partial charge in [-0.05, 0) is 41.7 Å². The maximum absolute atomic E-state index is 12.8. The molecule has 0 aliphatic carbocycles. The topological polar surface area (TPSA) is 80.3 Å². The lowest BCUT2D eigenvalue weighted by atomic mass is 10.0. The van der Waals surface area contributed by atoms with E-state index in [-0.39, 0.29) is 17.7 Å². The van der Waals surface area contributed by atoms with Gasteiger partial charge in [-0.3, -0.25) is 9.59 Å². The van der Waals surface area contributed by atoms with Gasteiger partial charge in [-0.2, -0.15) is 0 Å². The third-order valence-electron chi connectivity index (χ3n) is 5.12. The fourth-order valence-electron chi connectivity index (χ4n) is 3.25. The van der Waals surface area contributed by atoms with Crippen LogP contribution in [0.3, 0.4) is 0 Å². The Morgan fingerprint density at radius 1 is 0.969 bits per heavy atom. The minimum absolute atomic E-state index is 0.0647. The maximum atomic E-state index is 12.8. The summed E-state index contributed by atoms with van der Waals surface area (Å²) >= 11 is 0. The van der Waals surface area contributed by atoms with E-state index in [1.807, 2.05) is 75.4 Å². The Morgan fingerprint density at radius 3 is 2.41 bits per heavy atom. The molecule has 2 aromatic carbocycles. The molecule has 3 aromatic rings. The minimum Gasteiger partial charge on any atom is -0.473 e. The van der Waals surface area contributed by atoms with Crippen molar-refractivity contribution in [3.8, 4) is 5.88 Å². The summed E-state index contributed by atoms with van der Waals surface area (Å²) < 4.78 is 5.76. The molecule has 0 fully saturated rings. The van der Waals surface area contributed by atoms with Crippen LogP contribution in [0, 0.1) is 12.8 Å². The molecule has 0 bridgehead atoms. The van der Waals surface area contributed by atoms with E-state index in [2.05, 4.69) is 15.6 Å². The van der Waals surface area contributed by atoms with Crippen LogP contribution in [-0.4, -0.2) is 22.8 Å². The van der Waals surface area contributed by atoms with Crippen molar-refractivity contribution in [1.29, 1.82) is 0 Å². The molecule has 0 saturated carbocycles. The molecule has 0 aliphatic heterocycles. The number of ether oxygens (including phenoxy) is 1. The molecule has 6 nitrogen and oxygen atoms in total. The second kappa shape index (κ2) is 11.1. The van der Waals surface area contributed by atoms with Gasteiger partial charge in [-0.15, -0.1) is 0 Å². The van der Waals surface area contributed by atoms with Gasteiger partial charge in [0, 0.05) is 24.4 Å². The van der Waals surface area contributed by atoms with Gasteiger partial charge in [0.1, 0.15) is 12.6 Å². The van der Waals surface area contributed by atoms with Gasteiger partial charge >= 0.3 is 0 Å². The third kappa shape index (κ3) is 6.41. The standard InChI is InChI=1S/C26H29N3O3/c1-18(2)24(29-25(30)22-12-8-7-9-19(22)3)26(31)28-16-21-13-14-27-23(15-21)32-17-20-10-5-4-6-11-20/h4-15,18,24H,16-17H2,1-3H3,(H,28,31)(H,29,30). The summed E-state index contributed by atoms with van der Waals surface area (Å²) in [7, 11) is 0. The van der Waals surface area contributed by atoms with Crippen molar-refractivity contribution in [2.75, 3.05) is 0 Å². The van der Waals surface area contributed by atoms with E-state index in [0.29, 0.717) is 24.6 Å². The predicted molar refractivity (Wildman–Crippen MR) is 124 cm³/mol. The normalized spacial score (nSPS) is 11.6. The number of carbonyl (C=O) groups excluding carboxylic acids is 2. The Kier molecular flexibility index (Phi) is 7.97. The molecule has 1 unspecified atom stereocenters. The van der Waals surface area contributed by atoms with Gasteiger partial charge < -0.3 is 15.4 Å². The molecule has 3 rings (SSSR count). The van der Waals surface area contributed by atoms with Crippen LogP contribution in [0.25, 0.3) is 0 Å². The van der Waals surface area contributed by atoms with E-state index >= 15 is 0 Å². The quantitative estimate of drug-likeness (QED) is 0.536. The predicted octanol–water partition coefficient (Wildman–Crippen LogP) is 4.04. The minimum atomic E-state index is -0.641. The van der Waals surface area contributed by atoms with Gasteiger partial charge in [-0.25, -0.2) is 4.98 Å². The largest absolute Gasteiger partial charge is 0.473 e. The average molecular weight is 432 g/mol. The molecule has 1 aromatic heterocycles. The smallest absolute Gasteiger partial charge is 0.252 e. The van der Waals surface area contributed by atoms with Crippen LogP contribution < -0.4 is 15.4 Å². The summed E-state index contributed by atoms with van der Waals surface area (Å²) in [6.07, 6.45) is 1.65. The molecule has 0 spiro atoms. The van der Waals surface area contributed by atoms with Crippen molar-refractivity contribution in [3.05, 3.63) is 95.2 Å². The summed E-state index contributed by atoms with van der Waals surface area (Å²) in [6, 6.07) is 20.2. The Balaban J connectivity index is 1.58. The fourth-order valence-corrected chi connectivity index (χ4v) is 3.25. The summed E-state index contributed by atoms with van der Waals surface area (Å²) in [5.41, 5.74) is 3.36. The van der Waals surface area contributed by atoms with Gasteiger partial charge in [0.05, 0.1) is 0 Å². The molecular weight excluding hydrogens is 402 g/mol. The number of aromatic nitrogens is 1. The molecule has 0 saturated heterocycles. The average Bonchev–Trinajstić information content (AvgIpc) is 2.80. The number of hydrogen-bond acceptors (Lipinski definition) is 4. The molecular formula is C26H29N3O3. The van der Waals surface area contributed by atoms with E-state index in [1.54, 1.807) is 18.3 Å². The van der Waals surface area contributed by atoms with Crippen LogP contribution in [-0.2, 0) is 17.9 Å². The van der Waals surface area contributed by atoms with Crippen molar-refractivity contribution in [1.82, 2.24) is 15.6 Å². The Morgan fingerprint density at radius 2 is 1.69 bits per heavy atom. The molecule has 1 atom stereocenters. The van der Waals surface area contributed by atoms with Gasteiger partial charge in [0.25, 0.3) is 5.91 Å². The van der Waals surface area contributed by atoms with E-state index in [9.17, 15) is 9.59 Å². The first-order valence-corrected chi connectivity index (χ1v) is 10.7. The summed E-state index contributed by atoms with van der Waals surface area (Å²) in [5.74, 6) is -0.0537. The highest BCUT2D eigenvalue weighted by Crippen LogP contribution is 2.13. The van der Waals surface area contributed by atoms with Crippen molar-refractivity contribution in [2.45, 2.75) is 40.0 Å². The zero-order chi connectivity index (χ0) is 22.9. The van der Waals surface area contributed by atoms with E-state index in [0.717, 1.165) is 16.7 Å². The van der Waals surface area contributed by atoms with Gasteiger partial charge in [0.2, 0.25) is 11.8 Å². The highest BCUT2D eigenvalue weighted by Gasteiger charge is 2.25. The van der Waals surface area contributed by atoms with Gasteiger partial charge in [-0.1, -0.05) is 62.4 Å². The molecule has 0 radical (unpaired) electrons. The molecule has 6 heteroatoms. The van der Waals surface area contributed by atoms with Crippen LogP contribution >= 0.6 is 0 Å². The fraction of sp³-hybridized carbons (Fsp3) is 0.269. The zero-order valence-corrected chi connectivity index (χ0v) is 18.7. The zero-order valence-electron chi connectivity index (χ0n) is 18.7. The number of nitrogens with zero attached hydrogens (tertiary/aromatic N) is 1. The maximum Gasteiger partial charge on any atom is 0.252 e. The van der Waals surface area contributed by atoms with Crippen molar-refractivity contribution >= 4 is 11.8 Å². The second-order valence-corrected chi connectivity index (χ2v) is 8.00. The summed E-state index contributed by atoms with van der Waals surface area (Å²) in [4.78, 5) is 29.7. The van der Waals surface area contributed by atoms with E-state index in [1.165, 1.54) is 0 Å². The van der Waals surface area contributed by atoms with Crippen LogP contribution in [0.5, 0.6) is 5.88 Å². The van der Waals surface area contributed by atoms with Crippen molar-refractivity contribution in [3.63, 3.8) is 0 Å². The number of benzene rings is 2. The lowest BCUT2D eigenvalue weighted by Crippen LogP contribution is -2.49. The van der Waals surface area contributed by atoms with Crippen LogP contribution in [0.2, 0.25) is 0 Å². The summed E-state index contributed by atoms with van der Waals surface area (Å²) in [6.45, 7) is 6.42. The summed E-state index contributed by atoms with van der Waals surface area (Å²) in [5, 5.41) is 5.79. The molecule has 2 amide bonds. The van der Waals surface area contributed by atoms with Crippen molar-refractivity contribution < 1.29 is 14.3 Å². The number of carbonyl (C=O) groups is 2. The van der Waals surface area contributed by atoms with E-state index < -0.39 is 6.04 Å². The molecule has 166 valence electrons. The SMILES string of the molecule is Cc1ccccc1C(=O)NC(C(=O)NCc1ccnc(OCc2ccccc2)c1)C(C)C. The monoisotopic (exact) mass is 431 g/mol. The highest BCUT2D eigenvalue weighted by atomic mass is 16.5. The number of rotatable bonds is 9. The number of nitrogens with one attached hydrogen (secondary N) is 2. The Labute approximate surface area is 189 Å². The number of pyridine rings is 1. The molecule has 2 N–H and O–H groups in total. The molecule has 32 heavy (non-hydrogen) atoms. The van der Waals surface area contributed by atoms with Crippen LogP contribution in [0.4, 0.5) is 0 Å². The number of amides is 2. The molecule has 0 aliphatic rings. The first-order valence-electron chi connectivity index (χ1n) is 10.7. The van der Waals surface area contributed by atoms with Crippen LogP contribution in [0.15, 0.2) is 72.9 Å². The number of hydrogen-bond donors (Lipinski definition) is 2. The first kappa shape index (κ1) is 23.0. The van der Waals surface area contributed by atoms with Gasteiger partial charge in [0.15, 0.2) is 0 Å². The third-order valence-corrected chi connectivity index (χ3v) is 5.12. The highest BCUT2D eigenvalue weighted by molar-refractivity contribution is 5.98. The molecule has 1 heterocycles. The number of aryl methyl sites for hydroxylation is 1. The Bertz CT molecular complexity index is 1050. The second-order valence-electron chi connectivity index (χ2n) is 8.00. The van der Waals surface area contributed by atoms with Crippen molar-refractivity contribution in [2.24, 2.45) is 5.92 Å². The lowest BCUT2D eigenvalue weighted by Gasteiger charge is -2.22.